The van der Waals surface area contributed by atoms with Crippen LogP contribution in [0.3, 0.4) is 0 Å². The SMILES string of the molecule is CCCCCNC(=S)NNC(=O)c1ccc(OC(F)(F)F)cc1. The lowest BCUT2D eigenvalue weighted by molar-refractivity contribution is -0.274. The molecule has 3 N–H and O–H groups in total. The average Bonchev–Trinajstić information content (AvgIpc) is 2.48. The van der Waals surface area contributed by atoms with Crippen LogP contribution in [0.1, 0.15) is 36.5 Å². The highest BCUT2D eigenvalue weighted by molar-refractivity contribution is 7.80. The van der Waals surface area contributed by atoms with Crippen molar-refractivity contribution in [3.8, 4) is 5.75 Å². The van der Waals surface area contributed by atoms with Gasteiger partial charge in [0, 0.05) is 12.1 Å². The molecule has 0 saturated carbocycles. The molecule has 1 aromatic carbocycles. The van der Waals surface area contributed by atoms with Crippen LogP contribution < -0.4 is 20.9 Å². The fraction of sp³-hybridized carbons (Fsp3) is 0.429. The molecule has 0 bridgehead atoms. The van der Waals surface area contributed by atoms with Crippen molar-refractivity contribution in [1.82, 2.24) is 16.2 Å². The number of ether oxygens (including phenoxy) is 1. The number of amides is 1. The second kappa shape index (κ2) is 9.19. The molecule has 0 aliphatic rings. The van der Waals surface area contributed by atoms with Crippen molar-refractivity contribution in [3.63, 3.8) is 0 Å². The van der Waals surface area contributed by atoms with Gasteiger partial charge in [-0.3, -0.25) is 15.6 Å². The zero-order valence-corrected chi connectivity index (χ0v) is 13.3. The van der Waals surface area contributed by atoms with Gasteiger partial charge in [-0.1, -0.05) is 19.8 Å². The standard InChI is InChI=1S/C14H18F3N3O2S/c1-2-3-4-9-18-13(23)20-19-12(21)10-5-7-11(8-6-10)22-14(15,16)17/h5-8H,2-4,9H2,1H3,(H,19,21)(H2,18,20,23). The van der Waals surface area contributed by atoms with Gasteiger partial charge in [0.25, 0.3) is 5.91 Å². The Labute approximate surface area is 137 Å². The number of benzene rings is 1. The number of unbranched alkanes of at least 4 members (excludes halogenated alkanes) is 2. The Morgan fingerprint density at radius 1 is 1.17 bits per heavy atom. The molecule has 1 aromatic rings. The topological polar surface area (TPSA) is 62.4 Å². The lowest BCUT2D eigenvalue weighted by Crippen LogP contribution is -2.46. The van der Waals surface area contributed by atoms with E-state index in [-0.39, 0.29) is 10.7 Å². The highest BCUT2D eigenvalue weighted by atomic mass is 32.1. The first-order chi connectivity index (χ1) is 10.8. The van der Waals surface area contributed by atoms with Crippen LogP contribution in [0.25, 0.3) is 0 Å². The zero-order valence-electron chi connectivity index (χ0n) is 12.5. The lowest BCUT2D eigenvalue weighted by Gasteiger charge is -2.12. The maximum absolute atomic E-state index is 12.0. The summed E-state index contributed by atoms with van der Waals surface area (Å²) in [6.07, 6.45) is -1.63. The highest BCUT2D eigenvalue weighted by Crippen LogP contribution is 2.22. The molecule has 0 radical (unpaired) electrons. The Hall–Kier alpha value is -2.03. The predicted molar refractivity (Wildman–Crippen MR) is 83.9 cm³/mol. The van der Waals surface area contributed by atoms with Gasteiger partial charge in [-0.25, -0.2) is 0 Å². The summed E-state index contributed by atoms with van der Waals surface area (Å²) in [5.74, 6) is -0.920. The van der Waals surface area contributed by atoms with Gasteiger partial charge >= 0.3 is 6.36 Å². The van der Waals surface area contributed by atoms with Gasteiger partial charge in [-0.15, -0.1) is 13.2 Å². The first-order valence-corrected chi connectivity index (χ1v) is 7.42. The van der Waals surface area contributed by atoms with Crippen LogP contribution in [0.5, 0.6) is 5.75 Å². The highest BCUT2D eigenvalue weighted by Gasteiger charge is 2.31. The number of carbonyl (C=O) groups excluding carboxylic acids is 1. The van der Waals surface area contributed by atoms with Crippen LogP contribution in [0.2, 0.25) is 0 Å². The van der Waals surface area contributed by atoms with Gasteiger partial charge in [0.15, 0.2) is 5.11 Å². The molecule has 9 heteroatoms. The fourth-order valence-corrected chi connectivity index (χ4v) is 1.77. The minimum atomic E-state index is -4.76. The summed E-state index contributed by atoms with van der Waals surface area (Å²) in [7, 11) is 0. The number of hydrogen-bond donors (Lipinski definition) is 3. The predicted octanol–water partition coefficient (Wildman–Crippen LogP) is 2.88. The fourth-order valence-electron chi connectivity index (χ4n) is 1.61. The van der Waals surface area contributed by atoms with Gasteiger partial charge < -0.3 is 10.1 Å². The maximum Gasteiger partial charge on any atom is 0.573 e. The number of alkyl halides is 3. The lowest BCUT2D eigenvalue weighted by atomic mass is 10.2. The van der Waals surface area contributed by atoms with Gasteiger partial charge in [0.2, 0.25) is 0 Å². The molecule has 0 atom stereocenters. The van der Waals surface area contributed by atoms with E-state index >= 15 is 0 Å². The molecule has 1 amide bonds. The molecule has 0 fully saturated rings. The van der Waals surface area contributed by atoms with E-state index in [0.717, 1.165) is 31.4 Å². The molecule has 0 aliphatic heterocycles. The van der Waals surface area contributed by atoms with Crippen molar-refractivity contribution in [2.75, 3.05) is 6.54 Å². The van der Waals surface area contributed by atoms with E-state index in [1.165, 1.54) is 12.1 Å². The van der Waals surface area contributed by atoms with Crippen molar-refractivity contribution in [2.24, 2.45) is 0 Å². The molecular formula is C14H18F3N3O2S. The van der Waals surface area contributed by atoms with Crippen LogP contribution in [-0.4, -0.2) is 23.9 Å². The van der Waals surface area contributed by atoms with Crippen molar-refractivity contribution < 1.29 is 22.7 Å². The third-order valence-electron chi connectivity index (χ3n) is 2.71. The van der Waals surface area contributed by atoms with E-state index < -0.39 is 18.0 Å². The van der Waals surface area contributed by atoms with Crippen molar-refractivity contribution in [1.29, 1.82) is 0 Å². The molecule has 0 spiro atoms. The first kappa shape index (κ1) is 19.0. The molecule has 23 heavy (non-hydrogen) atoms. The summed E-state index contributed by atoms with van der Waals surface area (Å²) in [5, 5.41) is 3.19. The number of thiocarbonyl (C=S) groups is 1. The normalized spacial score (nSPS) is 10.8. The third kappa shape index (κ3) is 8.24. The van der Waals surface area contributed by atoms with Crippen LogP contribution in [0.15, 0.2) is 24.3 Å². The third-order valence-corrected chi connectivity index (χ3v) is 2.95. The maximum atomic E-state index is 12.0. The molecule has 0 aromatic heterocycles. The second-order valence-corrected chi connectivity index (χ2v) is 5.02. The largest absolute Gasteiger partial charge is 0.573 e. The van der Waals surface area contributed by atoms with Gasteiger partial charge in [-0.2, -0.15) is 0 Å². The molecule has 0 aliphatic carbocycles. The summed E-state index contributed by atoms with van der Waals surface area (Å²) in [6, 6.07) is 4.55. The van der Waals surface area contributed by atoms with Crippen molar-refractivity contribution in [3.05, 3.63) is 29.8 Å². The molecular weight excluding hydrogens is 331 g/mol. The van der Waals surface area contributed by atoms with E-state index in [2.05, 4.69) is 27.8 Å². The number of halogens is 3. The second-order valence-electron chi connectivity index (χ2n) is 4.61. The number of rotatable bonds is 6. The number of nitrogens with one attached hydrogen (secondary N) is 3. The molecule has 0 heterocycles. The Morgan fingerprint density at radius 3 is 2.39 bits per heavy atom. The zero-order chi connectivity index (χ0) is 17.3. The average molecular weight is 349 g/mol. The Morgan fingerprint density at radius 2 is 1.83 bits per heavy atom. The Balaban J connectivity index is 2.38. The summed E-state index contributed by atoms with van der Waals surface area (Å²) in [4.78, 5) is 11.8. The number of hydrazine groups is 1. The quantitative estimate of drug-likeness (QED) is 0.419. The van der Waals surface area contributed by atoms with E-state index in [4.69, 9.17) is 12.2 Å². The Kier molecular flexibility index (Phi) is 7.60. The minimum Gasteiger partial charge on any atom is -0.406 e. The van der Waals surface area contributed by atoms with Crippen LogP contribution in [0, 0.1) is 0 Å². The number of hydrogen-bond acceptors (Lipinski definition) is 3. The Bertz CT molecular complexity index is 521. The van der Waals surface area contributed by atoms with E-state index in [9.17, 15) is 18.0 Å². The minimum absolute atomic E-state index is 0.167. The monoisotopic (exact) mass is 349 g/mol. The molecule has 0 saturated heterocycles. The summed E-state index contributed by atoms with van der Waals surface area (Å²) >= 11 is 4.97. The summed E-state index contributed by atoms with van der Waals surface area (Å²) in [6.45, 7) is 2.78. The summed E-state index contributed by atoms with van der Waals surface area (Å²) in [5.41, 5.74) is 5.04. The van der Waals surface area contributed by atoms with Gasteiger partial charge in [0.05, 0.1) is 0 Å². The summed E-state index contributed by atoms with van der Waals surface area (Å²) < 4.78 is 39.8. The smallest absolute Gasteiger partial charge is 0.406 e. The van der Waals surface area contributed by atoms with Gasteiger partial charge in [0.1, 0.15) is 5.75 Å². The van der Waals surface area contributed by atoms with Crippen LogP contribution in [-0.2, 0) is 0 Å². The van der Waals surface area contributed by atoms with Gasteiger partial charge in [-0.05, 0) is 42.9 Å². The van der Waals surface area contributed by atoms with E-state index in [1.807, 2.05) is 0 Å². The molecule has 0 unspecified atom stereocenters. The first-order valence-electron chi connectivity index (χ1n) is 7.02. The molecule has 1 rings (SSSR count). The van der Waals surface area contributed by atoms with E-state index in [0.29, 0.717) is 6.54 Å². The molecule has 5 nitrogen and oxygen atoms in total. The van der Waals surface area contributed by atoms with Crippen molar-refractivity contribution in [2.45, 2.75) is 32.5 Å². The van der Waals surface area contributed by atoms with Crippen molar-refractivity contribution >= 4 is 23.2 Å². The van der Waals surface area contributed by atoms with Crippen LogP contribution >= 0.6 is 12.2 Å². The van der Waals surface area contributed by atoms with E-state index in [1.54, 1.807) is 0 Å². The van der Waals surface area contributed by atoms with Crippen LogP contribution in [0.4, 0.5) is 13.2 Å². The molecule has 128 valence electrons. The number of carbonyl (C=O) groups is 1.